The summed E-state index contributed by atoms with van der Waals surface area (Å²) in [5.41, 5.74) is 0.744. The number of nitrogens with zero attached hydrogens (tertiary/aromatic N) is 2. The van der Waals surface area contributed by atoms with Gasteiger partial charge in [0, 0.05) is 11.8 Å². The fourth-order valence-corrected chi connectivity index (χ4v) is 8.45. The largest absolute Gasteiger partial charge is 0.338 e. The van der Waals surface area contributed by atoms with E-state index in [1.807, 2.05) is 5.01 Å². The number of hydrogen-bond acceptors (Lipinski definition) is 2. The molecule has 0 radical (unpaired) electrons. The molecule has 0 aromatic carbocycles. The lowest BCUT2D eigenvalue weighted by atomic mass is 9.47. The van der Waals surface area contributed by atoms with E-state index >= 15 is 0 Å². The minimum atomic E-state index is 0.175. The highest BCUT2D eigenvalue weighted by molar-refractivity contribution is 5.71. The predicted octanol–water partition coefficient (Wildman–Crippen LogP) is 5.17. The first-order chi connectivity index (χ1) is 13.7. The van der Waals surface area contributed by atoms with Crippen molar-refractivity contribution in [1.82, 2.24) is 5.01 Å². The van der Waals surface area contributed by atoms with Crippen molar-refractivity contribution in [3.8, 4) is 0 Å². The highest BCUT2D eigenvalue weighted by Gasteiger charge is 2.65. The van der Waals surface area contributed by atoms with Crippen LogP contribution in [-0.4, -0.2) is 41.6 Å². The van der Waals surface area contributed by atoms with Crippen LogP contribution < -0.4 is 0 Å². The molecule has 3 aliphatic carbocycles. The van der Waals surface area contributed by atoms with E-state index < -0.39 is 0 Å². The van der Waals surface area contributed by atoms with Gasteiger partial charge in [-0.05, 0) is 74.0 Å². The summed E-state index contributed by atoms with van der Waals surface area (Å²) >= 11 is 0. The predicted molar refractivity (Wildman–Crippen MR) is 115 cm³/mol. The summed E-state index contributed by atoms with van der Waals surface area (Å²) in [5.74, 6) is 3.23. The molecule has 4 heteroatoms. The number of carbonyl (C=O) groups is 2. The Morgan fingerprint density at radius 1 is 1.10 bits per heavy atom. The van der Waals surface area contributed by atoms with Crippen molar-refractivity contribution < 1.29 is 14.2 Å². The molecule has 4 rings (SSSR count). The van der Waals surface area contributed by atoms with Crippen LogP contribution in [-0.2, 0) is 9.59 Å². The Bertz CT molecular complexity index is 663. The number of likely N-dealkylation sites (tertiary alicyclic amines) is 1. The maximum Gasteiger partial charge on any atom is 0.338 e. The summed E-state index contributed by atoms with van der Waals surface area (Å²) in [6.45, 7) is 10.1. The fraction of sp³-hybridized carbons (Fsp3) is 0.920. The zero-order valence-electron chi connectivity index (χ0n) is 19.5. The number of hydrogen-bond donors (Lipinski definition) is 0. The van der Waals surface area contributed by atoms with Crippen LogP contribution in [0.25, 0.3) is 0 Å². The minimum Gasteiger partial charge on any atom is -0.273 e. The van der Waals surface area contributed by atoms with Crippen LogP contribution in [0.15, 0.2) is 0 Å². The van der Waals surface area contributed by atoms with Crippen LogP contribution >= 0.6 is 0 Å². The molecule has 1 aliphatic heterocycles. The van der Waals surface area contributed by atoms with Gasteiger partial charge in [-0.3, -0.25) is 4.79 Å². The molecule has 4 nitrogen and oxygen atoms in total. The molecule has 1 saturated heterocycles. The first kappa shape index (κ1) is 21.3. The first-order valence-corrected chi connectivity index (χ1v) is 12.3. The fourth-order valence-electron chi connectivity index (χ4n) is 8.45. The summed E-state index contributed by atoms with van der Waals surface area (Å²) in [7, 11) is 2.06. The Kier molecular flexibility index (Phi) is 5.41. The van der Waals surface area contributed by atoms with Gasteiger partial charge in [0.05, 0.1) is 20.0 Å². The van der Waals surface area contributed by atoms with Gasteiger partial charge in [0.1, 0.15) is 6.04 Å². The van der Waals surface area contributed by atoms with Gasteiger partial charge < -0.3 is 0 Å². The Hall–Kier alpha value is -0.900. The van der Waals surface area contributed by atoms with Crippen molar-refractivity contribution in [2.75, 3.05) is 13.6 Å². The van der Waals surface area contributed by atoms with Crippen LogP contribution in [0.3, 0.4) is 0 Å². The maximum absolute atomic E-state index is 13.3. The average Bonchev–Trinajstić information content (AvgIpc) is 3.07. The molecule has 4 fully saturated rings. The number of rotatable bonds is 5. The molecule has 0 aromatic heterocycles. The normalized spacial score (nSPS) is 46.8. The lowest BCUT2D eigenvalue weighted by Gasteiger charge is -2.63. The number of carbonyl (C=O) groups excluding carboxylic acids is 2. The zero-order chi connectivity index (χ0) is 21.0. The summed E-state index contributed by atoms with van der Waals surface area (Å²) < 4.78 is 0.234. The highest BCUT2D eigenvalue weighted by atomic mass is 16.2. The van der Waals surface area contributed by atoms with E-state index in [1.165, 1.54) is 38.5 Å². The highest BCUT2D eigenvalue weighted by Crippen LogP contribution is 2.65. The van der Waals surface area contributed by atoms with Crippen molar-refractivity contribution in [3.63, 3.8) is 0 Å². The van der Waals surface area contributed by atoms with Crippen molar-refractivity contribution >= 4 is 12.3 Å². The third-order valence-corrected chi connectivity index (χ3v) is 10.2. The van der Waals surface area contributed by atoms with Crippen molar-refractivity contribution in [2.45, 2.75) is 97.9 Å². The summed E-state index contributed by atoms with van der Waals surface area (Å²) in [6, 6.07) is 0.258. The average molecular weight is 404 g/mol. The number of piperidine rings is 1. The molecule has 164 valence electrons. The van der Waals surface area contributed by atoms with E-state index in [2.05, 4.69) is 34.7 Å². The molecule has 0 bridgehead atoms. The van der Waals surface area contributed by atoms with E-state index in [4.69, 9.17) is 0 Å². The Morgan fingerprint density at radius 2 is 1.86 bits per heavy atom. The zero-order valence-corrected chi connectivity index (χ0v) is 19.5. The van der Waals surface area contributed by atoms with Gasteiger partial charge in [0.2, 0.25) is 0 Å². The van der Waals surface area contributed by atoms with Gasteiger partial charge in [-0.1, -0.05) is 34.1 Å². The monoisotopic (exact) mass is 403 g/mol. The maximum atomic E-state index is 13.3. The third kappa shape index (κ3) is 3.11. The van der Waals surface area contributed by atoms with Gasteiger partial charge in [0.15, 0.2) is 0 Å². The number of quaternary nitrogens is 1. The molecule has 29 heavy (non-hydrogen) atoms. The van der Waals surface area contributed by atoms with Crippen LogP contribution in [0.4, 0.5) is 0 Å². The molecule has 1 unspecified atom stereocenters. The number of amides is 2. The molecule has 0 N–H and O–H groups in total. The van der Waals surface area contributed by atoms with Gasteiger partial charge in [-0.15, -0.1) is 0 Å². The smallest absolute Gasteiger partial charge is 0.273 e. The summed E-state index contributed by atoms with van der Waals surface area (Å²) in [6.07, 6.45) is 12.8. The lowest BCUT2D eigenvalue weighted by Crippen LogP contribution is -2.74. The summed E-state index contributed by atoms with van der Waals surface area (Å²) in [4.78, 5) is 25.5. The quantitative estimate of drug-likeness (QED) is 0.469. The van der Waals surface area contributed by atoms with Gasteiger partial charge >= 0.3 is 5.91 Å². The van der Waals surface area contributed by atoms with Crippen molar-refractivity contribution in [2.24, 2.45) is 34.5 Å². The SMILES string of the molecule is CC(C)CCN(C=O)[N+]1(C)C(=O)CC[C@@]2(C)[C@H]1CC[C@H]1[C@@H]3CCC[C@@]3(C)CC[C@@H]12. The van der Waals surface area contributed by atoms with Crippen LogP contribution in [0.1, 0.15) is 91.9 Å². The molecule has 4 aliphatic rings. The molecular formula is C25H43N2O2+. The van der Waals surface area contributed by atoms with Crippen LogP contribution in [0.2, 0.25) is 0 Å². The standard InChI is InChI=1S/C25H43N2O2/c1-18(2)12-16-26(17-28)27(5)22-9-8-19-20-7-6-13-24(20,3)14-10-21(19)25(22,4)15-11-23(27)29/h17-22H,6-16H2,1-5H3/q+1/t19-,20-,21-,22+,24-,25+,27?/m0/s1. The van der Waals surface area contributed by atoms with E-state index in [9.17, 15) is 9.59 Å². The lowest BCUT2D eigenvalue weighted by molar-refractivity contribution is -0.972. The van der Waals surface area contributed by atoms with Gasteiger partial charge in [-0.25, -0.2) is 4.79 Å². The second-order valence-electron chi connectivity index (χ2n) is 11.9. The number of fused-ring (bicyclic) bond motifs is 5. The van der Waals surface area contributed by atoms with Crippen molar-refractivity contribution in [3.05, 3.63) is 0 Å². The molecule has 2 amide bonds. The summed E-state index contributed by atoms with van der Waals surface area (Å²) in [5, 5.41) is 1.85. The topological polar surface area (TPSA) is 37.4 Å². The molecule has 0 aromatic rings. The van der Waals surface area contributed by atoms with Gasteiger partial charge in [-0.2, -0.15) is 9.60 Å². The minimum absolute atomic E-state index is 0.175. The second kappa shape index (κ2) is 7.35. The van der Waals surface area contributed by atoms with Crippen LogP contribution in [0, 0.1) is 34.5 Å². The van der Waals surface area contributed by atoms with E-state index in [0.29, 0.717) is 24.3 Å². The van der Waals surface area contributed by atoms with E-state index in [0.717, 1.165) is 43.4 Å². The van der Waals surface area contributed by atoms with E-state index in [-0.39, 0.29) is 22.0 Å². The first-order valence-electron chi connectivity index (χ1n) is 12.3. The van der Waals surface area contributed by atoms with Crippen molar-refractivity contribution in [1.29, 1.82) is 0 Å². The Morgan fingerprint density at radius 3 is 2.55 bits per heavy atom. The third-order valence-electron chi connectivity index (χ3n) is 10.2. The molecule has 1 heterocycles. The van der Waals surface area contributed by atoms with Crippen LogP contribution in [0.5, 0.6) is 0 Å². The molecule has 7 atom stereocenters. The molecular weight excluding hydrogens is 360 g/mol. The van der Waals surface area contributed by atoms with Gasteiger partial charge in [0.25, 0.3) is 6.41 Å². The Labute approximate surface area is 177 Å². The van der Waals surface area contributed by atoms with E-state index in [1.54, 1.807) is 0 Å². The second-order valence-corrected chi connectivity index (χ2v) is 11.9. The molecule has 3 saturated carbocycles. The Balaban J connectivity index is 1.65. The molecule has 0 spiro atoms.